The first-order valence-electron chi connectivity index (χ1n) is 14.3. The fraction of sp³-hybridized carbons (Fsp3) is 0.621. The van der Waals surface area contributed by atoms with Gasteiger partial charge in [0.25, 0.3) is 5.91 Å². The molecule has 6 rings (SSSR count). The van der Waals surface area contributed by atoms with E-state index >= 15 is 0 Å². The van der Waals surface area contributed by atoms with Gasteiger partial charge in [-0.2, -0.15) is 0 Å². The van der Waals surface area contributed by atoms with E-state index in [-0.39, 0.29) is 42.8 Å². The monoisotopic (exact) mass is 553 g/mol. The second kappa shape index (κ2) is 11.2. The van der Waals surface area contributed by atoms with Gasteiger partial charge in [-0.25, -0.2) is 4.98 Å². The van der Waals surface area contributed by atoms with Crippen LogP contribution in [0.4, 0.5) is 5.13 Å². The molecule has 2 N–H and O–H groups in total. The fourth-order valence-corrected chi connectivity index (χ4v) is 7.15. The molecule has 3 aliphatic heterocycles. The van der Waals surface area contributed by atoms with Crippen LogP contribution in [0.1, 0.15) is 55.8 Å². The molecule has 0 spiro atoms. The van der Waals surface area contributed by atoms with Gasteiger partial charge in [0.05, 0.1) is 23.4 Å². The number of thiazole rings is 1. The predicted octanol–water partition coefficient (Wildman–Crippen LogP) is 3.06. The number of carbonyl (C=O) groups is 2. The topological polar surface area (TPSA) is 99.3 Å². The Hall–Kier alpha value is -2.37. The third kappa shape index (κ3) is 5.63. The number of nitrogens with zero attached hydrogens (tertiary/aromatic N) is 3. The molecule has 0 bridgehead atoms. The smallest absolute Gasteiger partial charge is 0.251 e. The molecule has 210 valence electrons. The summed E-state index contributed by atoms with van der Waals surface area (Å²) in [7, 11) is 2.15. The number of aromatic nitrogens is 1. The van der Waals surface area contributed by atoms with Crippen molar-refractivity contribution >= 4 is 28.2 Å². The molecule has 0 radical (unpaired) electrons. The van der Waals surface area contributed by atoms with Crippen molar-refractivity contribution in [1.82, 2.24) is 20.5 Å². The average Bonchev–Trinajstić information content (AvgIpc) is 3.42. The third-order valence-corrected chi connectivity index (χ3v) is 9.66. The molecule has 4 fully saturated rings. The zero-order valence-electron chi connectivity index (χ0n) is 22.9. The number of Topliss-reactive ketones (excluding diaryl/α,β-unsaturated/α-hetero) is 1. The maximum absolute atomic E-state index is 13.5. The molecule has 3 saturated heterocycles. The predicted molar refractivity (Wildman–Crippen MR) is 151 cm³/mol. The molecule has 10 heteroatoms. The van der Waals surface area contributed by atoms with Gasteiger partial charge >= 0.3 is 0 Å². The Morgan fingerprint density at radius 3 is 2.59 bits per heavy atom. The van der Waals surface area contributed by atoms with Crippen LogP contribution in [0.15, 0.2) is 29.6 Å². The Labute approximate surface area is 234 Å². The molecular weight excluding hydrogens is 514 g/mol. The van der Waals surface area contributed by atoms with Gasteiger partial charge in [0.15, 0.2) is 10.9 Å². The van der Waals surface area contributed by atoms with Crippen molar-refractivity contribution in [2.24, 2.45) is 0 Å². The summed E-state index contributed by atoms with van der Waals surface area (Å²) < 4.78 is 11.7. The Balaban J connectivity index is 1.10. The van der Waals surface area contributed by atoms with Crippen LogP contribution < -0.4 is 15.5 Å². The summed E-state index contributed by atoms with van der Waals surface area (Å²) >= 11 is 1.68. The number of nitrogens with one attached hydrogen (secondary N) is 2. The summed E-state index contributed by atoms with van der Waals surface area (Å²) in [5.74, 6) is -0.00509. The van der Waals surface area contributed by atoms with Crippen molar-refractivity contribution in [2.75, 3.05) is 44.7 Å². The maximum Gasteiger partial charge on any atom is 0.251 e. The summed E-state index contributed by atoms with van der Waals surface area (Å²) in [4.78, 5) is 35.3. The lowest BCUT2D eigenvalue weighted by Gasteiger charge is -2.37. The summed E-state index contributed by atoms with van der Waals surface area (Å²) in [6.07, 6.45) is 5.28. The summed E-state index contributed by atoms with van der Waals surface area (Å²) in [6, 6.07) is 7.41. The number of hydrogen-bond acceptors (Lipinski definition) is 9. The second-order valence-corrected chi connectivity index (χ2v) is 12.2. The average molecular weight is 554 g/mol. The van der Waals surface area contributed by atoms with Crippen LogP contribution in [0, 0.1) is 0 Å². The molecule has 9 nitrogen and oxygen atoms in total. The Morgan fingerprint density at radius 2 is 1.87 bits per heavy atom. The van der Waals surface area contributed by atoms with Crippen molar-refractivity contribution < 1.29 is 19.1 Å². The highest BCUT2D eigenvalue weighted by atomic mass is 32.1. The number of carbonyl (C=O) groups excluding carboxylic acids is 2. The quantitative estimate of drug-likeness (QED) is 0.482. The highest BCUT2D eigenvalue weighted by Gasteiger charge is 2.57. The van der Waals surface area contributed by atoms with E-state index in [4.69, 9.17) is 14.5 Å². The van der Waals surface area contributed by atoms with E-state index in [1.165, 1.54) is 0 Å². The van der Waals surface area contributed by atoms with Gasteiger partial charge in [-0.15, -0.1) is 11.3 Å². The van der Waals surface area contributed by atoms with Crippen molar-refractivity contribution in [3.8, 4) is 11.3 Å². The first kappa shape index (κ1) is 26.8. The van der Waals surface area contributed by atoms with Crippen LogP contribution >= 0.6 is 11.3 Å². The molecule has 4 atom stereocenters. The minimum atomic E-state index is -0.428. The van der Waals surface area contributed by atoms with Gasteiger partial charge in [0.1, 0.15) is 18.9 Å². The lowest BCUT2D eigenvalue weighted by atomic mass is 9.78. The zero-order valence-corrected chi connectivity index (χ0v) is 23.7. The maximum atomic E-state index is 13.5. The van der Waals surface area contributed by atoms with E-state index in [0.29, 0.717) is 5.56 Å². The molecule has 39 heavy (non-hydrogen) atoms. The number of hydrogen-bond donors (Lipinski definition) is 2. The van der Waals surface area contributed by atoms with Crippen LogP contribution in [-0.2, 0) is 14.3 Å². The molecule has 1 saturated carbocycles. The van der Waals surface area contributed by atoms with Gasteiger partial charge in [-0.1, -0.05) is 38.3 Å². The normalized spacial score (nSPS) is 29.0. The SMILES string of the molecule is CC[C@@H]1OCC(=O)[C@H]1NC1OC1C1(NC(=O)c2ccc(-c3csc(N4CCN(C)CC4)n3)cc2)CCCCC1. The van der Waals surface area contributed by atoms with Gasteiger partial charge in [0, 0.05) is 42.7 Å². The number of amides is 1. The highest BCUT2D eigenvalue weighted by molar-refractivity contribution is 7.14. The number of piperazine rings is 1. The molecule has 2 aromatic rings. The van der Waals surface area contributed by atoms with Crippen LogP contribution in [0.2, 0.25) is 0 Å². The largest absolute Gasteiger partial charge is 0.368 e. The summed E-state index contributed by atoms with van der Waals surface area (Å²) in [5, 5.41) is 9.91. The number of anilines is 1. The van der Waals surface area contributed by atoms with E-state index in [1.807, 2.05) is 31.2 Å². The number of ketones is 1. The molecule has 2 unspecified atom stereocenters. The summed E-state index contributed by atoms with van der Waals surface area (Å²) in [6.45, 7) is 6.27. The molecule has 1 aromatic carbocycles. The van der Waals surface area contributed by atoms with Crippen molar-refractivity contribution in [2.45, 2.75) is 75.5 Å². The van der Waals surface area contributed by atoms with E-state index < -0.39 is 5.54 Å². The lowest BCUT2D eigenvalue weighted by molar-refractivity contribution is -0.119. The van der Waals surface area contributed by atoms with Gasteiger partial charge in [-0.3, -0.25) is 14.9 Å². The van der Waals surface area contributed by atoms with E-state index in [0.717, 1.165) is 81.1 Å². The Morgan fingerprint density at radius 1 is 1.13 bits per heavy atom. The van der Waals surface area contributed by atoms with Crippen LogP contribution in [0.25, 0.3) is 11.3 Å². The molecule has 1 aliphatic carbocycles. The first-order valence-corrected chi connectivity index (χ1v) is 15.2. The second-order valence-electron chi connectivity index (χ2n) is 11.4. The minimum absolute atomic E-state index is 0.0775. The standard InChI is InChI=1S/C29H39N5O4S/c1-3-23-24(22(35)17-37-23)31-27-25(38-27)29(11-5-4-6-12-29)32-26(36)20-9-7-19(8-10-20)21-18-39-28(30-21)34-15-13-33(2)14-16-34/h7-10,18,23-25,27,31H,3-6,11-17H2,1-2H3,(H,32,36)/t23-,24+,25?,27?/m0/s1. The highest BCUT2D eigenvalue weighted by Crippen LogP contribution is 2.42. The number of epoxide rings is 1. The van der Waals surface area contributed by atoms with Gasteiger partial charge < -0.3 is 24.6 Å². The van der Waals surface area contributed by atoms with E-state index in [1.54, 1.807) is 11.3 Å². The molecular formula is C29H39N5O4S. The van der Waals surface area contributed by atoms with Crippen molar-refractivity contribution in [3.05, 3.63) is 35.2 Å². The molecule has 4 aliphatic rings. The van der Waals surface area contributed by atoms with Crippen molar-refractivity contribution in [3.63, 3.8) is 0 Å². The van der Waals surface area contributed by atoms with E-state index in [9.17, 15) is 9.59 Å². The van der Waals surface area contributed by atoms with Crippen LogP contribution in [0.5, 0.6) is 0 Å². The third-order valence-electron chi connectivity index (χ3n) is 8.76. The number of ether oxygens (including phenoxy) is 2. The van der Waals surface area contributed by atoms with Crippen LogP contribution in [-0.4, -0.2) is 91.4 Å². The molecule has 1 amide bonds. The summed E-state index contributed by atoms with van der Waals surface area (Å²) in [5.41, 5.74) is 2.16. The van der Waals surface area contributed by atoms with E-state index in [2.05, 4.69) is 32.9 Å². The number of rotatable bonds is 8. The first-order chi connectivity index (χ1) is 19.0. The minimum Gasteiger partial charge on any atom is -0.368 e. The fourth-order valence-electron chi connectivity index (χ4n) is 6.27. The number of benzene rings is 1. The zero-order chi connectivity index (χ0) is 27.0. The van der Waals surface area contributed by atoms with Gasteiger partial charge in [0.2, 0.25) is 0 Å². The van der Waals surface area contributed by atoms with Crippen molar-refractivity contribution in [1.29, 1.82) is 0 Å². The van der Waals surface area contributed by atoms with Crippen LogP contribution in [0.3, 0.4) is 0 Å². The molecule has 1 aromatic heterocycles. The number of likely N-dealkylation sites (N-methyl/N-ethyl adjacent to an activating group) is 1. The lowest BCUT2D eigenvalue weighted by Crippen LogP contribution is -2.56. The Bertz CT molecular complexity index is 1170. The molecule has 4 heterocycles. The van der Waals surface area contributed by atoms with Gasteiger partial charge in [-0.05, 0) is 38.4 Å². The Kier molecular flexibility index (Phi) is 7.74.